The monoisotopic (exact) mass is 665 g/mol. The third kappa shape index (κ3) is 7.37. The topological polar surface area (TPSA) is 118 Å². The number of halogens is 1. The summed E-state index contributed by atoms with van der Waals surface area (Å²) in [6.07, 6.45) is 5.77. The van der Waals surface area contributed by atoms with E-state index in [4.69, 9.17) is 4.98 Å². The zero-order valence-corrected chi connectivity index (χ0v) is 27.1. The summed E-state index contributed by atoms with van der Waals surface area (Å²) in [7, 11) is 2.98. The van der Waals surface area contributed by atoms with Gasteiger partial charge in [-0.05, 0) is 75.0 Å². The van der Waals surface area contributed by atoms with Crippen LogP contribution in [0, 0.1) is 18.3 Å². The number of carbonyl (C=O) groups excluding carboxylic acids is 2. The third-order valence-electron chi connectivity index (χ3n) is 7.38. The minimum atomic E-state index is -0.294. The largest absolute Gasteiger partial charge is 0.355 e. The highest BCUT2D eigenvalue weighted by Crippen LogP contribution is 2.46. The van der Waals surface area contributed by atoms with Gasteiger partial charge in [0.1, 0.15) is 12.2 Å². The van der Waals surface area contributed by atoms with E-state index >= 15 is 0 Å². The van der Waals surface area contributed by atoms with E-state index < -0.39 is 0 Å². The van der Waals surface area contributed by atoms with Crippen LogP contribution in [0.25, 0.3) is 11.0 Å². The van der Waals surface area contributed by atoms with Crippen molar-refractivity contribution in [2.45, 2.75) is 88.9 Å². The summed E-state index contributed by atoms with van der Waals surface area (Å²) in [5, 5.41) is 10.5. The molecule has 0 saturated heterocycles. The predicted molar refractivity (Wildman–Crippen MR) is 166 cm³/mol. The first-order chi connectivity index (χ1) is 18.2. The number of aromatic amines is 1. The predicted octanol–water partition coefficient (Wildman–Crippen LogP) is 5.42. The van der Waals surface area contributed by atoms with Crippen molar-refractivity contribution in [3.05, 3.63) is 41.2 Å². The number of hydrogen-bond acceptors (Lipinski definition) is 5. The van der Waals surface area contributed by atoms with Crippen LogP contribution in [0.3, 0.4) is 0 Å². The quantitative estimate of drug-likeness (QED) is 0.169. The van der Waals surface area contributed by atoms with Crippen molar-refractivity contribution in [3.8, 4) is 0 Å². The van der Waals surface area contributed by atoms with E-state index in [0.29, 0.717) is 18.8 Å². The molecule has 0 bridgehead atoms. The van der Waals surface area contributed by atoms with Gasteiger partial charge >= 0.3 is 0 Å². The van der Waals surface area contributed by atoms with Crippen LogP contribution in [0.2, 0.25) is 0 Å². The first kappa shape index (κ1) is 29.9. The van der Waals surface area contributed by atoms with Gasteiger partial charge in [0.05, 0.1) is 23.5 Å². The fraction of sp³-hybridized carbons (Fsp3) is 0.607. The van der Waals surface area contributed by atoms with Crippen LogP contribution in [-0.2, 0) is 11.2 Å². The van der Waals surface area contributed by atoms with Gasteiger partial charge in [0.25, 0.3) is 5.91 Å². The number of fused-ring (bicyclic) bond motifs is 1. The summed E-state index contributed by atoms with van der Waals surface area (Å²) in [4.78, 5) is 38.8. The molecular weight excluding hydrogens is 624 g/mol. The van der Waals surface area contributed by atoms with Crippen LogP contribution < -0.4 is 10.6 Å². The number of carbonyl (C=O) groups is 2. The van der Waals surface area contributed by atoms with Crippen molar-refractivity contribution in [3.63, 3.8) is 0 Å². The molecule has 0 aliphatic heterocycles. The number of H-pyrrole nitrogens is 1. The fourth-order valence-corrected chi connectivity index (χ4v) is 6.03. The second kappa shape index (κ2) is 11.8. The van der Waals surface area contributed by atoms with Crippen molar-refractivity contribution in [1.82, 2.24) is 35.4 Å². The molecule has 1 fully saturated rings. The molecule has 212 valence electrons. The number of benzene rings is 1. The van der Waals surface area contributed by atoms with Gasteiger partial charge < -0.3 is 15.6 Å². The lowest BCUT2D eigenvalue weighted by Crippen LogP contribution is -2.38. The maximum atomic E-state index is 13.4. The summed E-state index contributed by atoms with van der Waals surface area (Å²) in [5.41, 5.74) is 3.69. The highest BCUT2D eigenvalue weighted by Gasteiger charge is 2.36. The molecule has 2 amide bonds. The average Bonchev–Trinajstić information content (AvgIpc) is 3.51. The van der Waals surface area contributed by atoms with Gasteiger partial charge in [-0.3, -0.25) is 9.59 Å². The number of aromatic nitrogens is 5. The molecule has 0 spiro atoms. The number of aryl methyl sites for hydroxylation is 1. The number of nitrogens with one attached hydrogen (secondary N) is 3. The first-order valence-corrected chi connectivity index (χ1v) is 15.3. The molecule has 9 nitrogen and oxygen atoms in total. The van der Waals surface area contributed by atoms with Gasteiger partial charge in [0, 0.05) is 15.7 Å². The van der Waals surface area contributed by atoms with Crippen LogP contribution in [0.5, 0.6) is 0 Å². The normalized spacial score (nSPS) is 20.8. The highest BCUT2D eigenvalue weighted by molar-refractivity contribution is 14.1. The van der Waals surface area contributed by atoms with E-state index in [9.17, 15) is 9.59 Å². The summed E-state index contributed by atoms with van der Waals surface area (Å²) in [5.74, 6) is 1.02. The van der Waals surface area contributed by atoms with E-state index in [-0.39, 0.29) is 38.4 Å². The van der Waals surface area contributed by atoms with Crippen LogP contribution in [0.4, 0.5) is 0 Å². The molecule has 39 heavy (non-hydrogen) atoms. The van der Waals surface area contributed by atoms with Crippen molar-refractivity contribution in [1.29, 1.82) is 0 Å². The maximum absolute atomic E-state index is 13.4. The molecular formula is C28H41IN7O2P. The summed E-state index contributed by atoms with van der Waals surface area (Å²) in [6, 6.07) is 3.71. The second-order valence-electron chi connectivity index (χ2n) is 12.3. The van der Waals surface area contributed by atoms with E-state index in [1.54, 1.807) is 4.68 Å². The molecule has 1 aliphatic carbocycles. The standard InChI is InChI=1S/C28H41IN7O2P/c1-16(2)36-25(31-15-32-36)26(38)35-23(18-9-11-28(29,39)12-10-18)24-33-20-8-7-19(17(3)22(20)34-24)13-21(37)30-14-27(4,5)6/h7-8,15-16,18,23H,9-14,39H2,1-6H3,(H,30,37)(H,33,34)(H,35,38)/t18?,23-,28?/m0/s1. The SMILES string of the molecule is Cc1c(CC(=O)NCC(C)(C)C)ccc2[nH]c([C@@H](NC(=O)c3ncnn3C(C)C)C3CCC(P)(I)CC3)nc12. The molecule has 1 aromatic carbocycles. The van der Waals surface area contributed by atoms with Gasteiger partial charge in [-0.2, -0.15) is 5.10 Å². The zero-order valence-electron chi connectivity index (χ0n) is 23.8. The van der Waals surface area contributed by atoms with E-state index in [2.05, 4.69) is 78.3 Å². The number of nitrogens with zero attached hydrogens (tertiary/aromatic N) is 4. The Labute approximate surface area is 246 Å². The van der Waals surface area contributed by atoms with Crippen LogP contribution >= 0.6 is 31.8 Å². The molecule has 1 unspecified atom stereocenters. The van der Waals surface area contributed by atoms with Crippen molar-refractivity contribution >= 4 is 54.7 Å². The first-order valence-electron chi connectivity index (χ1n) is 13.7. The Morgan fingerprint density at radius 2 is 1.95 bits per heavy atom. The molecule has 1 aliphatic rings. The number of rotatable bonds is 8. The average molecular weight is 666 g/mol. The molecule has 2 aromatic heterocycles. The third-order valence-corrected chi connectivity index (χ3v) is 9.04. The minimum absolute atomic E-state index is 0.00413. The number of hydrogen-bond donors (Lipinski definition) is 3. The summed E-state index contributed by atoms with van der Waals surface area (Å²) < 4.78 is 1.83. The van der Waals surface area contributed by atoms with Gasteiger partial charge in [-0.1, -0.05) is 49.4 Å². The Morgan fingerprint density at radius 1 is 1.26 bits per heavy atom. The van der Waals surface area contributed by atoms with Crippen molar-refractivity contribution in [2.24, 2.45) is 11.3 Å². The molecule has 3 aromatic rings. The summed E-state index contributed by atoms with van der Waals surface area (Å²) >= 11 is 2.52. The lowest BCUT2D eigenvalue weighted by molar-refractivity contribution is -0.120. The molecule has 11 heteroatoms. The lowest BCUT2D eigenvalue weighted by atomic mass is 9.83. The van der Waals surface area contributed by atoms with Crippen LogP contribution in [0.1, 0.15) is 100.0 Å². The minimum Gasteiger partial charge on any atom is -0.355 e. The Bertz CT molecular complexity index is 1330. The maximum Gasteiger partial charge on any atom is 0.289 e. The molecule has 0 radical (unpaired) electrons. The fourth-order valence-electron chi connectivity index (χ4n) is 5.07. The molecule has 2 atom stereocenters. The van der Waals surface area contributed by atoms with Crippen molar-refractivity contribution < 1.29 is 9.59 Å². The zero-order chi connectivity index (χ0) is 28.5. The van der Waals surface area contributed by atoms with E-state index in [0.717, 1.165) is 53.7 Å². The van der Waals surface area contributed by atoms with Gasteiger partial charge in [-0.25, -0.2) is 14.6 Å². The van der Waals surface area contributed by atoms with Crippen LogP contribution in [0.15, 0.2) is 18.5 Å². The number of imidazole rings is 1. The van der Waals surface area contributed by atoms with E-state index in [1.165, 1.54) is 6.33 Å². The molecule has 2 heterocycles. The highest BCUT2D eigenvalue weighted by atomic mass is 127. The van der Waals surface area contributed by atoms with Gasteiger partial charge in [0.15, 0.2) is 0 Å². The van der Waals surface area contributed by atoms with Crippen molar-refractivity contribution in [2.75, 3.05) is 6.54 Å². The smallest absolute Gasteiger partial charge is 0.289 e. The molecule has 1 saturated carbocycles. The Kier molecular flexibility index (Phi) is 9.05. The van der Waals surface area contributed by atoms with Crippen LogP contribution in [-0.4, -0.2) is 46.3 Å². The number of alkyl halides is 1. The van der Waals surface area contributed by atoms with Gasteiger partial charge in [0.2, 0.25) is 11.7 Å². The lowest BCUT2D eigenvalue weighted by Gasteiger charge is -2.36. The van der Waals surface area contributed by atoms with Gasteiger partial charge in [-0.15, -0.1) is 9.24 Å². The van der Waals surface area contributed by atoms with E-state index in [1.807, 2.05) is 32.9 Å². The Balaban J connectivity index is 1.62. The Morgan fingerprint density at radius 3 is 2.59 bits per heavy atom. The second-order valence-corrected chi connectivity index (χ2v) is 16.8. The summed E-state index contributed by atoms with van der Waals surface area (Å²) in [6.45, 7) is 12.9. The molecule has 3 N–H and O–H groups in total. The molecule has 4 rings (SSSR count). The Hall–Kier alpha value is -2.07. The number of amides is 2.